The van der Waals surface area contributed by atoms with E-state index in [0.717, 1.165) is 18.4 Å². The molecule has 0 unspecified atom stereocenters. The number of hydrogen-bond donors (Lipinski definition) is 3. The zero-order valence-electron chi connectivity index (χ0n) is 12.9. The van der Waals surface area contributed by atoms with Gasteiger partial charge in [0.15, 0.2) is 6.23 Å². The number of aromatic nitrogens is 3. The van der Waals surface area contributed by atoms with E-state index >= 15 is 0 Å². The van der Waals surface area contributed by atoms with Crippen LogP contribution in [0.3, 0.4) is 0 Å². The number of ether oxygens (including phenoxy) is 1. The topological polar surface area (TPSA) is 101 Å². The number of rotatable bonds is 5. The predicted octanol–water partition coefficient (Wildman–Crippen LogP) is 0.509. The number of nitrogens with zero attached hydrogens (tertiary/aromatic N) is 3. The molecule has 124 valence electrons. The fourth-order valence-electron chi connectivity index (χ4n) is 2.76. The Hall–Kier alpha value is -1.80. The first-order valence-corrected chi connectivity index (χ1v) is 7.77. The van der Waals surface area contributed by atoms with E-state index in [9.17, 15) is 10.2 Å². The van der Waals surface area contributed by atoms with Crippen LogP contribution in [0, 0.1) is 0 Å². The van der Waals surface area contributed by atoms with Crippen molar-refractivity contribution in [3.63, 3.8) is 0 Å². The molecule has 7 nitrogen and oxygen atoms in total. The second-order valence-electron chi connectivity index (χ2n) is 5.76. The van der Waals surface area contributed by atoms with Crippen LogP contribution < -0.4 is 0 Å². The van der Waals surface area contributed by atoms with E-state index in [2.05, 4.69) is 29.4 Å². The summed E-state index contributed by atoms with van der Waals surface area (Å²) < 4.78 is 6.81. The summed E-state index contributed by atoms with van der Waals surface area (Å²) in [4.78, 5) is 0. The molecule has 1 aromatic carbocycles. The highest BCUT2D eigenvalue weighted by atomic mass is 16.6. The predicted molar refractivity (Wildman–Crippen MR) is 82.5 cm³/mol. The second kappa shape index (κ2) is 6.76. The lowest BCUT2D eigenvalue weighted by atomic mass is 10.1. The van der Waals surface area contributed by atoms with Crippen molar-refractivity contribution >= 4 is 0 Å². The number of aryl methyl sites for hydroxylation is 1. The van der Waals surface area contributed by atoms with Crippen molar-refractivity contribution in [3.05, 3.63) is 36.0 Å². The zero-order valence-corrected chi connectivity index (χ0v) is 12.9. The van der Waals surface area contributed by atoms with Gasteiger partial charge in [0.25, 0.3) is 0 Å². The summed E-state index contributed by atoms with van der Waals surface area (Å²) in [5.74, 6) is 0. The van der Waals surface area contributed by atoms with E-state index in [1.807, 2.05) is 12.1 Å². The fraction of sp³-hybridized carbons (Fsp3) is 0.500. The Morgan fingerprint density at radius 3 is 2.52 bits per heavy atom. The Morgan fingerprint density at radius 2 is 1.91 bits per heavy atom. The van der Waals surface area contributed by atoms with Gasteiger partial charge >= 0.3 is 0 Å². The summed E-state index contributed by atoms with van der Waals surface area (Å²) in [6, 6.07) is 8.09. The Bertz CT molecular complexity index is 643. The first kappa shape index (κ1) is 16.1. The summed E-state index contributed by atoms with van der Waals surface area (Å²) in [6.45, 7) is 1.77. The third kappa shape index (κ3) is 3.13. The molecule has 0 aliphatic carbocycles. The summed E-state index contributed by atoms with van der Waals surface area (Å²) in [7, 11) is 0. The van der Waals surface area contributed by atoms with Gasteiger partial charge in [0.2, 0.25) is 0 Å². The van der Waals surface area contributed by atoms with Crippen LogP contribution >= 0.6 is 0 Å². The average molecular weight is 319 g/mol. The van der Waals surface area contributed by atoms with E-state index in [-0.39, 0.29) is 6.61 Å². The van der Waals surface area contributed by atoms with Crippen LogP contribution in [-0.4, -0.2) is 55.2 Å². The number of aliphatic hydroxyl groups excluding tert-OH is 3. The van der Waals surface area contributed by atoms with Crippen LogP contribution in [0.1, 0.15) is 25.1 Å². The average Bonchev–Trinajstić information content (AvgIpc) is 3.15. The van der Waals surface area contributed by atoms with Crippen molar-refractivity contribution in [1.29, 1.82) is 0 Å². The molecule has 0 spiro atoms. The monoisotopic (exact) mass is 319 g/mol. The van der Waals surface area contributed by atoms with Crippen molar-refractivity contribution in [2.45, 2.75) is 44.3 Å². The minimum absolute atomic E-state index is 0.366. The molecule has 3 rings (SSSR count). The van der Waals surface area contributed by atoms with Crippen molar-refractivity contribution < 1.29 is 20.1 Å². The maximum atomic E-state index is 10.0. The van der Waals surface area contributed by atoms with Gasteiger partial charge in [-0.25, -0.2) is 4.68 Å². The number of aliphatic hydroxyl groups is 3. The van der Waals surface area contributed by atoms with Crippen LogP contribution in [0.2, 0.25) is 0 Å². The quantitative estimate of drug-likeness (QED) is 0.742. The summed E-state index contributed by atoms with van der Waals surface area (Å²) in [5, 5.41) is 37.0. The van der Waals surface area contributed by atoms with Crippen molar-refractivity contribution in [3.8, 4) is 11.3 Å². The number of hydrogen-bond acceptors (Lipinski definition) is 6. The molecule has 4 atom stereocenters. The van der Waals surface area contributed by atoms with Gasteiger partial charge in [-0.3, -0.25) is 0 Å². The highest BCUT2D eigenvalue weighted by molar-refractivity contribution is 5.58. The molecule has 1 aromatic heterocycles. The van der Waals surface area contributed by atoms with Crippen molar-refractivity contribution in [1.82, 2.24) is 15.0 Å². The third-order valence-corrected chi connectivity index (χ3v) is 4.08. The highest BCUT2D eigenvalue weighted by Crippen LogP contribution is 2.29. The van der Waals surface area contributed by atoms with Gasteiger partial charge in [0, 0.05) is 5.56 Å². The van der Waals surface area contributed by atoms with E-state index in [1.165, 1.54) is 10.2 Å². The molecule has 1 aliphatic heterocycles. The van der Waals surface area contributed by atoms with E-state index in [0.29, 0.717) is 5.69 Å². The normalized spacial score (nSPS) is 27.5. The van der Waals surface area contributed by atoms with Crippen LogP contribution in [0.5, 0.6) is 0 Å². The molecular formula is C16H21N3O4. The lowest BCUT2D eigenvalue weighted by Crippen LogP contribution is -2.33. The molecule has 7 heteroatoms. The molecule has 1 aliphatic rings. The Labute approximate surface area is 134 Å². The molecule has 0 bridgehead atoms. The Morgan fingerprint density at radius 1 is 1.17 bits per heavy atom. The molecule has 2 aromatic rings. The van der Waals surface area contributed by atoms with Crippen LogP contribution in [-0.2, 0) is 11.2 Å². The SMILES string of the molecule is CCCc1ccc(-c2cn([C@@H]3O[C@H](CO)[C@@H](O)[C@H]3O)nn2)cc1. The summed E-state index contributed by atoms with van der Waals surface area (Å²) in [5.41, 5.74) is 2.85. The van der Waals surface area contributed by atoms with Gasteiger partial charge in [-0.15, -0.1) is 5.10 Å². The molecule has 23 heavy (non-hydrogen) atoms. The van der Waals surface area contributed by atoms with Crippen LogP contribution in [0.25, 0.3) is 11.3 Å². The van der Waals surface area contributed by atoms with Crippen LogP contribution in [0.15, 0.2) is 30.5 Å². The van der Waals surface area contributed by atoms with E-state index in [1.54, 1.807) is 6.20 Å². The minimum Gasteiger partial charge on any atom is -0.394 e. The summed E-state index contributed by atoms with van der Waals surface area (Å²) in [6.07, 6.45) is -0.191. The smallest absolute Gasteiger partial charge is 0.180 e. The van der Waals surface area contributed by atoms with E-state index in [4.69, 9.17) is 9.84 Å². The Balaban J connectivity index is 1.78. The Kier molecular flexibility index (Phi) is 4.72. The molecule has 3 N–H and O–H groups in total. The fourth-order valence-corrected chi connectivity index (χ4v) is 2.76. The van der Waals surface area contributed by atoms with Crippen molar-refractivity contribution in [2.75, 3.05) is 6.61 Å². The van der Waals surface area contributed by atoms with Gasteiger partial charge in [-0.1, -0.05) is 42.8 Å². The van der Waals surface area contributed by atoms with E-state index < -0.39 is 24.5 Å². The standard InChI is InChI=1S/C16H21N3O4/c1-2-3-10-4-6-11(7-5-10)12-8-19(18-17-12)16-15(22)14(21)13(9-20)23-16/h4-8,13-16,20-22H,2-3,9H2,1H3/t13-,14-,15-,16-/m1/s1. The molecule has 0 saturated carbocycles. The third-order valence-electron chi connectivity index (χ3n) is 4.08. The lowest BCUT2D eigenvalue weighted by molar-refractivity contribution is -0.0593. The lowest BCUT2D eigenvalue weighted by Gasteiger charge is -2.13. The second-order valence-corrected chi connectivity index (χ2v) is 5.76. The minimum atomic E-state index is -1.16. The molecule has 1 saturated heterocycles. The van der Waals surface area contributed by atoms with Gasteiger partial charge in [-0.2, -0.15) is 0 Å². The maximum Gasteiger partial charge on any atom is 0.180 e. The first-order chi connectivity index (χ1) is 11.1. The molecule has 0 radical (unpaired) electrons. The number of benzene rings is 1. The van der Waals surface area contributed by atoms with Gasteiger partial charge < -0.3 is 20.1 Å². The summed E-state index contributed by atoms with van der Waals surface area (Å²) >= 11 is 0. The van der Waals surface area contributed by atoms with Crippen molar-refractivity contribution in [2.24, 2.45) is 0 Å². The largest absolute Gasteiger partial charge is 0.394 e. The van der Waals surface area contributed by atoms with Gasteiger partial charge in [0.05, 0.1) is 12.8 Å². The van der Waals surface area contributed by atoms with Crippen LogP contribution in [0.4, 0.5) is 0 Å². The molecule has 1 fully saturated rings. The first-order valence-electron chi connectivity index (χ1n) is 7.77. The molecule has 0 amide bonds. The van der Waals surface area contributed by atoms with Gasteiger partial charge in [-0.05, 0) is 12.0 Å². The molecule has 2 heterocycles. The highest BCUT2D eigenvalue weighted by Gasteiger charge is 2.43. The van der Waals surface area contributed by atoms with Gasteiger partial charge in [0.1, 0.15) is 24.0 Å². The maximum absolute atomic E-state index is 10.0. The molecular weight excluding hydrogens is 298 g/mol. The zero-order chi connectivity index (χ0) is 16.4.